The minimum Gasteiger partial charge on any atom is -0.508 e. The topological polar surface area (TPSA) is 42.0 Å². The summed E-state index contributed by atoms with van der Waals surface area (Å²) < 4.78 is 10.3. The zero-order valence-corrected chi connectivity index (χ0v) is 6.56. The maximum Gasteiger partial charge on any atom is 0.119 e. The predicted molar refractivity (Wildman–Crippen MR) is 50.1 cm³/mol. The van der Waals surface area contributed by atoms with Crippen molar-refractivity contribution in [1.29, 1.82) is 0 Å². The fourth-order valence-corrected chi connectivity index (χ4v) is 0.896. The van der Waals surface area contributed by atoms with Gasteiger partial charge < -0.3 is 14.6 Å². The average molecular weight is 182 g/mol. The van der Waals surface area contributed by atoms with Crippen LogP contribution in [-0.2, 0) is 4.74 Å². The molecule has 1 aromatic rings. The molecule has 3 nitrogen and oxygen atoms in total. The number of benzene rings is 1. The minimum absolute atomic E-state index is 0. The molecule has 3 heteroatoms. The summed E-state index contributed by atoms with van der Waals surface area (Å²) in [5.74, 6) is 1.02. The molecule has 0 aromatic heterocycles. The highest BCUT2D eigenvalue weighted by Gasteiger charge is 2.22. The molecule has 1 aromatic carbocycles. The molecule has 1 heterocycles. The van der Waals surface area contributed by atoms with E-state index < -0.39 is 0 Å². The summed E-state index contributed by atoms with van der Waals surface area (Å²) in [6, 6.07) is 6.67. The molecule has 13 heavy (non-hydrogen) atoms. The first-order chi connectivity index (χ1) is 5.84. The van der Waals surface area contributed by atoms with E-state index in [0.29, 0.717) is 6.61 Å². The van der Waals surface area contributed by atoms with Gasteiger partial charge in [0.1, 0.15) is 24.2 Å². The Bertz CT molecular complexity index is 251. The summed E-state index contributed by atoms with van der Waals surface area (Å²) in [7, 11) is 0. The maximum absolute atomic E-state index is 8.97. The molecule has 72 valence electrons. The van der Waals surface area contributed by atoms with Gasteiger partial charge in [-0.1, -0.05) is 7.43 Å². The van der Waals surface area contributed by atoms with Crippen LogP contribution in [0.25, 0.3) is 0 Å². The molecule has 0 saturated carbocycles. The van der Waals surface area contributed by atoms with Gasteiger partial charge in [0.15, 0.2) is 0 Å². The van der Waals surface area contributed by atoms with Crippen molar-refractivity contribution >= 4 is 0 Å². The van der Waals surface area contributed by atoms with Crippen LogP contribution in [0.1, 0.15) is 7.43 Å². The largest absolute Gasteiger partial charge is 0.508 e. The first kappa shape index (κ1) is 9.86. The number of epoxide rings is 1. The molecule has 0 radical (unpaired) electrons. The highest BCUT2D eigenvalue weighted by atomic mass is 16.6. The van der Waals surface area contributed by atoms with Crippen molar-refractivity contribution in [1.82, 2.24) is 0 Å². The molecule has 0 bridgehead atoms. The average Bonchev–Trinajstić information content (AvgIpc) is 2.87. The van der Waals surface area contributed by atoms with Crippen LogP contribution in [0.5, 0.6) is 11.5 Å². The van der Waals surface area contributed by atoms with Crippen LogP contribution in [0.3, 0.4) is 0 Å². The van der Waals surface area contributed by atoms with Gasteiger partial charge in [-0.15, -0.1) is 0 Å². The third-order valence-electron chi connectivity index (χ3n) is 1.67. The lowest BCUT2D eigenvalue weighted by molar-refractivity contribution is 0.263. The predicted octanol–water partition coefficient (Wildman–Crippen LogP) is 1.81. The number of phenols is 1. The van der Waals surface area contributed by atoms with E-state index in [2.05, 4.69) is 0 Å². The zero-order chi connectivity index (χ0) is 8.39. The Morgan fingerprint density at radius 3 is 2.54 bits per heavy atom. The van der Waals surface area contributed by atoms with Crippen molar-refractivity contribution in [2.45, 2.75) is 13.5 Å². The van der Waals surface area contributed by atoms with Crippen LogP contribution < -0.4 is 4.74 Å². The lowest BCUT2D eigenvalue weighted by Gasteiger charge is -2.02. The van der Waals surface area contributed by atoms with Gasteiger partial charge in [0.2, 0.25) is 0 Å². The monoisotopic (exact) mass is 182 g/mol. The Labute approximate surface area is 77.9 Å². The zero-order valence-electron chi connectivity index (χ0n) is 6.56. The van der Waals surface area contributed by atoms with Gasteiger partial charge >= 0.3 is 0 Å². The van der Waals surface area contributed by atoms with Crippen molar-refractivity contribution in [2.75, 3.05) is 13.2 Å². The SMILES string of the molecule is C.Oc1ccc(OCC2CO2)cc1. The van der Waals surface area contributed by atoms with E-state index in [1.807, 2.05) is 0 Å². The maximum atomic E-state index is 8.97. The fraction of sp³-hybridized carbons (Fsp3) is 0.400. The van der Waals surface area contributed by atoms with Gasteiger partial charge in [0, 0.05) is 0 Å². The highest BCUT2D eigenvalue weighted by Crippen LogP contribution is 2.17. The van der Waals surface area contributed by atoms with E-state index in [1.165, 1.54) is 0 Å². The van der Waals surface area contributed by atoms with Crippen LogP contribution in [0.2, 0.25) is 0 Å². The van der Waals surface area contributed by atoms with Crippen molar-refractivity contribution < 1.29 is 14.6 Å². The third-order valence-corrected chi connectivity index (χ3v) is 1.67. The molecular weight excluding hydrogens is 168 g/mol. The molecule has 1 aliphatic heterocycles. The second kappa shape index (κ2) is 4.14. The van der Waals surface area contributed by atoms with E-state index in [1.54, 1.807) is 24.3 Å². The summed E-state index contributed by atoms with van der Waals surface area (Å²) >= 11 is 0. The number of hydrogen-bond donors (Lipinski definition) is 1. The molecule has 0 amide bonds. The summed E-state index contributed by atoms with van der Waals surface area (Å²) in [4.78, 5) is 0. The number of rotatable bonds is 3. The van der Waals surface area contributed by atoms with Crippen LogP contribution in [0.4, 0.5) is 0 Å². The smallest absolute Gasteiger partial charge is 0.119 e. The van der Waals surface area contributed by atoms with Gasteiger partial charge in [-0.3, -0.25) is 0 Å². The van der Waals surface area contributed by atoms with Crippen molar-refractivity contribution in [3.05, 3.63) is 24.3 Å². The van der Waals surface area contributed by atoms with Crippen molar-refractivity contribution in [3.63, 3.8) is 0 Å². The standard InChI is InChI=1S/C9H10O3.CH4/c10-7-1-3-8(4-2-7)11-5-9-6-12-9;/h1-4,9-10H,5-6H2;1H4. The quantitative estimate of drug-likeness (QED) is 0.725. The summed E-state index contributed by atoms with van der Waals surface area (Å²) in [6.07, 6.45) is 0.277. The number of hydrogen-bond acceptors (Lipinski definition) is 3. The highest BCUT2D eigenvalue weighted by molar-refractivity contribution is 5.30. The summed E-state index contributed by atoms with van der Waals surface area (Å²) in [5, 5.41) is 8.97. The van der Waals surface area contributed by atoms with E-state index in [9.17, 15) is 0 Å². The van der Waals surface area contributed by atoms with E-state index >= 15 is 0 Å². The number of aromatic hydroxyl groups is 1. The summed E-state index contributed by atoms with van der Waals surface area (Å²) in [6.45, 7) is 1.41. The molecule has 1 N–H and O–H groups in total. The lowest BCUT2D eigenvalue weighted by Crippen LogP contribution is -2.03. The molecule has 1 unspecified atom stereocenters. The first-order valence-corrected chi connectivity index (χ1v) is 3.88. The second-order valence-corrected chi connectivity index (χ2v) is 2.76. The molecule has 1 aliphatic rings. The molecule has 1 saturated heterocycles. The third kappa shape index (κ3) is 2.95. The van der Waals surface area contributed by atoms with Crippen molar-refractivity contribution in [3.8, 4) is 11.5 Å². The minimum atomic E-state index is 0. The van der Waals surface area contributed by atoms with Crippen LogP contribution >= 0.6 is 0 Å². The summed E-state index contributed by atoms with van der Waals surface area (Å²) in [5.41, 5.74) is 0. The number of ether oxygens (including phenoxy) is 2. The Kier molecular flexibility index (Phi) is 3.14. The van der Waals surface area contributed by atoms with Crippen LogP contribution in [-0.4, -0.2) is 24.4 Å². The first-order valence-electron chi connectivity index (χ1n) is 3.88. The Balaban J connectivity index is 0.000000845. The normalized spacial score (nSPS) is 18.9. The molecule has 2 rings (SSSR count). The van der Waals surface area contributed by atoms with E-state index in [0.717, 1.165) is 12.4 Å². The molecule has 1 atom stereocenters. The molecule has 0 aliphatic carbocycles. The molecule has 1 fully saturated rings. The molecular formula is C10H14O3. The number of phenolic OH excluding ortho intramolecular Hbond substituents is 1. The van der Waals surface area contributed by atoms with E-state index in [-0.39, 0.29) is 19.3 Å². The lowest BCUT2D eigenvalue weighted by atomic mass is 10.3. The van der Waals surface area contributed by atoms with Gasteiger partial charge in [-0.05, 0) is 24.3 Å². The van der Waals surface area contributed by atoms with E-state index in [4.69, 9.17) is 14.6 Å². The Hall–Kier alpha value is -1.22. The van der Waals surface area contributed by atoms with Gasteiger partial charge in [0.25, 0.3) is 0 Å². The van der Waals surface area contributed by atoms with Crippen LogP contribution in [0, 0.1) is 0 Å². The van der Waals surface area contributed by atoms with Crippen LogP contribution in [0.15, 0.2) is 24.3 Å². The Morgan fingerprint density at radius 1 is 1.38 bits per heavy atom. The van der Waals surface area contributed by atoms with Gasteiger partial charge in [-0.2, -0.15) is 0 Å². The Morgan fingerprint density at radius 2 is 2.00 bits per heavy atom. The molecule has 0 spiro atoms. The van der Waals surface area contributed by atoms with Gasteiger partial charge in [0.05, 0.1) is 6.61 Å². The van der Waals surface area contributed by atoms with Crippen molar-refractivity contribution in [2.24, 2.45) is 0 Å². The van der Waals surface area contributed by atoms with Gasteiger partial charge in [-0.25, -0.2) is 0 Å². The second-order valence-electron chi connectivity index (χ2n) is 2.76. The fourth-order valence-electron chi connectivity index (χ4n) is 0.896.